The molecule has 0 saturated heterocycles. The molecule has 0 unspecified atom stereocenters. The molecule has 2 N–H and O–H groups in total. The van der Waals surface area contributed by atoms with Crippen molar-refractivity contribution in [1.82, 2.24) is 14.5 Å². The van der Waals surface area contributed by atoms with Gasteiger partial charge in [-0.05, 0) is 42.5 Å². The molecule has 29 heavy (non-hydrogen) atoms. The molecular formula is C22H26N4O3. The average Bonchev–Trinajstić information content (AvgIpc) is 2.67. The number of rotatable bonds is 5. The molecule has 0 spiro atoms. The summed E-state index contributed by atoms with van der Waals surface area (Å²) in [6.07, 6.45) is 0. The van der Waals surface area contributed by atoms with Gasteiger partial charge in [0.25, 0.3) is 11.5 Å². The van der Waals surface area contributed by atoms with Gasteiger partial charge in [-0.3, -0.25) is 19.1 Å². The van der Waals surface area contributed by atoms with Crippen LogP contribution in [0, 0.1) is 0 Å². The summed E-state index contributed by atoms with van der Waals surface area (Å²) in [6, 6.07) is 9.25. The number of aromatic nitrogens is 3. The van der Waals surface area contributed by atoms with Crippen LogP contribution in [-0.2, 0) is 6.54 Å². The number of carbonyl (C=O) groups is 1. The SMILES string of the molecule is CCn1c(=O)[nH]c(=O)c2c(C(=O)Nc3cccc(C(C)C)c3)cc(C(C)C)nc21. The molecule has 2 aromatic heterocycles. The van der Waals surface area contributed by atoms with E-state index in [1.165, 1.54) is 4.57 Å². The Balaban J connectivity index is 2.20. The molecule has 7 nitrogen and oxygen atoms in total. The highest BCUT2D eigenvalue weighted by molar-refractivity contribution is 6.11. The van der Waals surface area contributed by atoms with Crippen molar-refractivity contribution in [2.75, 3.05) is 5.32 Å². The number of aryl methyl sites for hydroxylation is 1. The minimum atomic E-state index is -0.612. The van der Waals surface area contributed by atoms with Gasteiger partial charge < -0.3 is 5.32 Å². The minimum Gasteiger partial charge on any atom is -0.322 e. The highest BCUT2D eigenvalue weighted by Crippen LogP contribution is 2.22. The van der Waals surface area contributed by atoms with Crippen LogP contribution in [0.4, 0.5) is 5.69 Å². The number of carbonyl (C=O) groups excluding carboxylic acids is 1. The van der Waals surface area contributed by atoms with E-state index in [2.05, 4.69) is 29.1 Å². The molecule has 1 amide bonds. The maximum atomic E-state index is 13.1. The summed E-state index contributed by atoms with van der Waals surface area (Å²) in [6.45, 7) is 10.2. The Morgan fingerprint density at radius 2 is 1.86 bits per heavy atom. The molecule has 0 aliphatic rings. The van der Waals surface area contributed by atoms with E-state index in [0.29, 0.717) is 23.8 Å². The van der Waals surface area contributed by atoms with Crippen molar-refractivity contribution in [1.29, 1.82) is 0 Å². The largest absolute Gasteiger partial charge is 0.329 e. The van der Waals surface area contributed by atoms with Crippen molar-refractivity contribution in [2.24, 2.45) is 0 Å². The van der Waals surface area contributed by atoms with E-state index in [-0.39, 0.29) is 22.5 Å². The number of benzene rings is 1. The molecule has 0 fully saturated rings. The van der Waals surface area contributed by atoms with Gasteiger partial charge in [-0.2, -0.15) is 0 Å². The van der Waals surface area contributed by atoms with Crippen LogP contribution in [0.1, 0.15) is 68.1 Å². The van der Waals surface area contributed by atoms with Gasteiger partial charge in [0.05, 0.1) is 10.9 Å². The molecule has 0 saturated carbocycles. The molecule has 0 radical (unpaired) electrons. The van der Waals surface area contributed by atoms with E-state index in [4.69, 9.17) is 0 Å². The highest BCUT2D eigenvalue weighted by atomic mass is 16.2. The first-order chi connectivity index (χ1) is 13.7. The van der Waals surface area contributed by atoms with Gasteiger partial charge in [0.15, 0.2) is 5.65 Å². The molecule has 0 atom stereocenters. The second-order valence-electron chi connectivity index (χ2n) is 7.69. The van der Waals surface area contributed by atoms with E-state index in [1.54, 1.807) is 13.0 Å². The number of hydrogen-bond donors (Lipinski definition) is 2. The molecule has 2 heterocycles. The molecule has 3 aromatic rings. The number of nitrogens with zero attached hydrogens (tertiary/aromatic N) is 2. The van der Waals surface area contributed by atoms with Crippen LogP contribution in [0.25, 0.3) is 11.0 Å². The van der Waals surface area contributed by atoms with E-state index in [0.717, 1.165) is 5.56 Å². The van der Waals surface area contributed by atoms with Gasteiger partial charge in [0, 0.05) is 17.9 Å². The summed E-state index contributed by atoms with van der Waals surface area (Å²) in [7, 11) is 0. The fourth-order valence-electron chi connectivity index (χ4n) is 3.24. The zero-order valence-electron chi connectivity index (χ0n) is 17.4. The molecule has 0 aliphatic heterocycles. The van der Waals surface area contributed by atoms with Crippen LogP contribution >= 0.6 is 0 Å². The van der Waals surface area contributed by atoms with Crippen molar-refractivity contribution in [3.05, 3.63) is 68.0 Å². The van der Waals surface area contributed by atoms with Gasteiger partial charge in [0.1, 0.15) is 0 Å². The number of pyridine rings is 1. The van der Waals surface area contributed by atoms with Gasteiger partial charge >= 0.3 is 5.69 Å². The highest BCUT2D eigenvalue weighted by Gasteiger charge is 2.20. The van der Waals surface area contributed by atoms with Crippen LogP contribution in [0.3, 0.4) is 0 Å². The number of H-pyrrole nitrogens is 1. The lowest BCUT2D eigenvalue weighted by Crippen LogP contribution is -2.32. The molecular weight excluding hydrogens is 368 g/mol. The van der Waals surface area contributed by atoms with Gasteiger partial charge in [0.2, 0.25) is 0 Å². The number of nitrogens with one attached hydrogen (secondary N) is 2. The van der Waals surface area contributed by atoms with Crippen molar-refractivity contribution in [2.45, 2.75) is 53.0 Å². The Labute approximate surface area is 168 Å². The van der Waals surface area contributed by atoms with Crippen molar-refractivity contribution < 1.29 is 4.79 Å². The topological polar surface area (TPSA) is 96.9 Å². The summed E-state index contributed by atoms with van der Waals surface area (Å²) in [4.78, 5) is 44.7. The summed E-state index contributed by atoms with van der Waals surface area (Å²) >= 11 is 0. The molecule has 1 aromatic carbocycles. The quantitative estimate of drug-likeness (QED) is 0.691. The Morgan fingerprint density at radius 1 is 1.14 bits per heavy atom. The lowest BCUT2D eigenvalue weighted by Gasteiger charge is -2.14. The van der Waals surface area contributed by atoms with Gasteiger partial charge in [-0.15, -0.1) is 0 Å². The molecule has 3 rings (SSSR count). The van der Waals surface area contributed by atoms with Crippen molar-refractivity contribution in [3.63, 3.8) is 0 Å². The predicted octanol–water partition coefficient (Wildman–Crippen LogP) is 3.60. The molecule has 152 valence electrons. The fourth-order valence-corrected chi connectivity index (χ4v) is 3.24. The second kappa shape index (κ2) is 8.03. The Morgan fingerprint density at radius 3 is 2.48 bits per heavy atom. The van der Waals surface area contributed by atoms with Crippen LogP contribution in [0.15, 0.2) is 39.9 Å². The smallest absolute Gasteiger partial charge is 0.322 e. The van der Waals surface area contributed by atoms with E-state index in [1.807, 2.05) is 38.1 Å². The van der Waals surface area contributed by atoms with Crippen molar-refractivity contribution >= 4 is 22.6 Å². The average molecular weight is 394 g/mol. The first-order valence-electron chi connectivity index (χ1n) is 9.82. The minimum absolute atomic E-state index is 0.0231. The van der Waals surface area contributed by atoms with Crippen LogP contribution < -0.4 is 16.6 Å². The first-order valence-corrected chi connectivity index (χ1v) is 9.82. The van der Waals surface area contributed by atoms with Crippen LogP contribution in [0.2, 0.25) is 0 Å². The number of amides is 1. The summed E-state index contributed by atoms with van der Waals surface area (Å²) in [5, 5.41) is 3.00. The maximum Gasteiger partial charge on any atom is 0.329 e. The lowest BCUT2D eigenvalue weighted by molar-refractivity contribution is 0.102. The summed E-state index contributed by atoms with van der Waals surface area (Å²) < 4.78 is 1.37. The van der Waals surface area contributed by atoms with Gasteiger partial charge in [-0.25, -0.2) is 9.78 Å². The molecule has 7 heteroatoms. The standard InChI is InChI=1S/C22H26N4O3/c1-6-26-19-18(21(28)25-22(26)29)16(11-17(24-19)13(4)5)20(27)23-15-9-7-8-14(10-15)12(2)3/h7-13H,6H2,1-5H3,(H,23,27)(H,25,28,29). The first kappa shape index (κ1) is 20.5. The number of aromatic amines is 1. The number of hydrogen-bond acceptors (Lipinski definition) is 4. The second-order valence-corrected chi connectivity index (χ2v) is 7.69. The molecule has 0 aliphatic carbocycles. The third-order valence-electron chi connectivity index (χ3n) is 4.93. The fraction of sp³-hybridized carbons (Fsp3) is 0.364. The van der Waals surface area contributed by atoms with E-state index in [9.17, 15) is 14.4 Å². The summed E-state index contributed by atoms with van der Waals surface area (Å²) in [5.41, 5.74) is 1.69. The van der Waals surface area contributed by atoms with Crippen LogP contribution in [-0.4, -0.2) is 20.4 Å². The molecule has 0 bridgehead atoms. The Kier molecular flexibility index (Phi) is 5.68. The maximum absolute atomic E-state index is 13.1. The van der Waals surface area contributed by atoms with E-state index < -0.39 is 17.2 Å². The number of anilines is 1. The van der Waals surface area contributed by atoms with Crippen molar-refractivity contribution in [3.8, 4) is 0 Å². The Bertz CT molecular complexity index is 1190. The van der Waals surface area contributed by atoms with Gasteiger partial charge in [-0.1, -0.05) is 39.8 Å². The van der Waals surface area contributed by atoms with Crippen LogP contribution in [0.5, 0.6) is 0 Å². The zero-order chi connectivity index (χ0) is 21.3. The monoisotopic (exact) mass is 394 g/mol. The lowest BCUT2D eigenvalue weighted by atomic mass is 10.0. The van der Waals surface area contributed by atoms with E-state index >= 15 is 0 Å². The third-order valence-corrected chi connectivity index (χ3v) is 4.93. The summed E-state index contributed by atoms with van der Waals surface area (Å²) in [5.74, 6) is -0.0649. The normalized spacial score (nSPS) is 11.4. The predicted molar refractivity (Wildman–Crippen MR) is 115 cm³/mol. The third kappa shape index (κ3) is 3.99. The number of fused-ring (bicyclic) bond motifs is 1. The zero-order valence-corrected chi connectivity index (χ0v) is 17.4. The Hall–Kier alpha value is -3.22.